The zero-order chi connectivity index (χ0) is 22.6. The number of aryl methyl sites for hydroxylation is 1. The van der Waals surface area contributed by atoms with Gasteiger partial charge in [-0.25, -0.2) is 8.78 Å². The maximum absolute atomic E-state index is 15.5. The summed E-state index contributed by atoms with van der Waals surface area (Å²) in [6.45, 7) is 10.5. The van der Waals surface area contributed by atoms with Crippen LogP contribution in [0.1, 0.15) is 37.0 Å². The number of nitrogens with zero attached hydrogens (tertiary/aromatic N) is 2. The number of carbonyl (C=O) groups is 1. The number of fused-ring (bicyclic) bond motifs is 1. The Morgan fingerprint density at radius 3 is 2.48 bits per heavy atom. The predicted molar refractivity (Wildman–Crippen MR) is 123 cm³/mol. The molecule has 2 aliphatic rings. The molecule has 0 bridgehead atoms. The van der Waals surface area contributed by atoms with Gasteiger partial charge in [0.1, 0.15) is 5.82 Å². The Balaban J connectivity index is 2.08. The minimum atomic E-state index is -0.513. The number of halogens is 3. The van der Waals surface area contributed by atoms with Crippen LogP contribution in [0.4, 0.5) is 31.5 Å². The van der Waals surface area contributed by atoms with Gasteiger partial charge in [-0.3, -0.25) is 4.79 Å². The summed E-state index contributed by atoms with van der Waals surface area (Å²) in [5.74, 6) is -1.14. The number of carbonyl (C=O) groups excluding carboxylic acids is 1. The fourth-order valence-corrected chi connectivity index (χ4v) is 4.61. The molecule has 0 saturated carbocycles. The summed E-state index contributed by atoms with van der Waals surface area (Å²) in [6, 6.07) is 2.91. The molecule has 2 N–H and O–H groups in total. The number of hydrogen-bond donors (Lipinski definition) is 1. The van der Waals surface area contributed by atoms with Gasteiger partial charge in [0.2, 0.25) is 0 Å². The first-order valence-corrected chi connectivity index (χ1v) is 10.6. The first-order chi connectivity index (χ1) is 14.7. The van der Waals surface area contributed by atoms with Crippen molar-refractivity contribution in [2.24, 2.45) is 0 Å². The Labute approximate surface area is 185 Å². The summed E-state index contributed by atoms with van der Waals surface area (Å²) in [6.07, 6.45) is 3.13. The Bertz CT molecular complexity index is 1170. The van der Waals surface area contributed by atoms with Gasteiger partial charge in [0.25, 0.3) is 0 Å². The zero-order valence-corrected chi connectivity index (χ0v) is 18.5. The molecule has 0 aliphatic carbocycles. The van der Waals surface area contributed by atoms with Crippen molar-refractivity contribution in [1.29, 1.82) is 0 Å². The highest BCUT2D eigenvalue weighted by Crippen LogP contribution is 2.52. The number of ketones is 1. The maximum atomic E-state index is 15.5. The van der Waals surface area contributed by atoms with Crippen LogP contribution in [0.5, 0.6) is 0 Å². The van der Waals surface area contributed by atoms with Crippen LogP contribution in [0.3, 0.4) is 0 Å². The Hall–Kier alpha value is -2.86. The van der Waals surface area contributed by atoms with Gasteiger partial charge >= 0.3 is 0 Å². The van der Waals surface area contributed by atoms with Gasteiger partial charge in [-0.1, -0.05) is 25.1 Å². The summed E-state index contributed by atoms with van der Waals surface area (Å²) in [4.78, 5) is 16.0. The molecule has 0 radical (unpaired) electrons. The number of Topliss-reactive ketones (excluding diaryl/α,β-unsaturated/α-hetero) is 1. The molecule has 0 unspecified atom stereocenters. The van der Waals surface area contributed by atoms with Gasteiger partial charge in [0.05, 0.1) is 27.8 Å². The Morgan fingerprint density at radius 2 is 1.94 bits per heavy atom. The summed E-state index contributed by atoms with van der Waals surface area (Å²) in [5.41, 5.74) is 9.62. The minimum absolute atomic E-state index is 0.0196. The molecule has 1 saturated heterocycles. The van der Waals surface area contributed by atoms with Crippen LogP contribution in [-0.4, -0.2) is 18.9 Å². The SMILES string of the molecule is C=C1C(C(C)=O)=CN(c2cc(N)c(F)cc2CC)c2c(Cl)c(N3CCC3)c(F)c(C)c21. The molecule has 7 heteroatoms. The molecule has 0 aromatic heterocycles. The fraction of sp³-hybridized carbons (Fsp3) is 0.292. The van der Waals surface area contributed by atoms with Gasteiger partial charge in [-0.05, 0) is 55.5 Å². The van der Waals surface area contributed by atoms with Crippen LogP contribution in [0.2, 0.25) is 5.02 Å². The summed E-state index contributed by atoms with van der Waals surface area (Å²) in [5, 5.41) is 0.239. The van der Waals surface area contributed by atoms with E-state index < -0.39 is 11.6 Å². The van der Waals surface area contributed by atoms with Gasteiger partial charge in [0.15, 0.2) is 11.6 Å². The van der Waals surface area contributed by atoms with Gasteiger partial charge < -0.3 is 15.5 Å². The van der Waals surface area contributed by atoms with Gasteiger partial charge in [0, 0.05) is 30.4 Å². The van der Waals surface area contributed by atoms with E-state index in [4.69, 9.17) is 17.3 Å². The molecule has 1 fully saturated rings. The van der Waals surface area contributed by atoms with E-state index in [1.807, 2.05) is 11.8 Å². The van der Waals surface area contributed by atoms with Crippen molar-refractivity contribution in [3.8, 4) is 0 Å². The van der Waals surface area contributed by atoms with Crippen LogP contribution in [-0.2, 0) is 11.2 Å². The first kappa shape index (κ1) is 21.4. The molecule has 2 aromatic carbocycles. The quantitative estimate of drug-likeness (QED) is 0.596. The van der Waals surface area contributed by atoms with E-state index in [-0.39, 0.29) is 16.5 Å². The smallest absolute Gasteiger partial charge is 0.161 e. The molecule has 0 spiro atoms. The number of hydrogen-bond acceptors (Lipinski definition) is 4. The second kappa shape index (κ2) is 7.68. The number of rotatable bonds is 4. The standard InChI is InChI=1S/C24H24ClF2N3O/c1-5-15-9-17(26)18(28)10-19(15)30-11-16(14(4)31)12(2)20-13(3)22(27)24(21(25)23(20)30)29-7-6-8-29/h9-11H,2,5-8,28H2,1,3-4H3. The third-order valence-electron chi connectivity index (χ3n) is 6.08. The number of nitrogen functional groups attached to an aromatic ring is 1. The third-order valence-corrected chi connectivity index (χ3v) is 6.44. The van der Waals surface area contributed by atoms with E-state index in [1.165, 1.54) is 19.1 Å². The summed E-state index contributed by atoms with van der Waals surface area (Å²) < 4.78 is 29.6. The number of benzene rings is 2. The average Bonchev–Trinajstić information content (AvgIpc) is 2.69. The monoisotopic (exact) mass is 443 g/mol. The van der Waals surface area contributed by atoms with Crippen molar-refractivity contribution in [3.63, 3.8) is 0 Å². The maximum Gasteiger partial charge on any atom is 0.161 e. The molecular weight excluding hydrogens is 420 g/mol. The van der Waals surface area contributed by atoms with E-state index in [0.29, 0.717) is 64.4 Å². The Kier molecular flexibility index (Phi) is 5.30. The molecule has 0 atom stereocenters. The van der Waals surface area contributed by atoms with Crippen molar-refractivity contribution >= 4 is 45.7 Å². The molecule has 2 aliphatic heterocycles. The Morgan fingerprint density at radius 1 is 1.26 bits per heavy atom. The lowest BCUT2D eigenvalue weighted by atomic mass is 9.87. The van der Waals surface area contributed by atoms with Crippen LogP contribution in [0.15, 0.2) is 30.5 Å². The van der Waals surface area contributed by atoms with Crippen molar-refractivity contribution in [2.45, 2.75) is 33.6 Å². The predicted octanol–water partition coefficient (Wildman–Crippen LogP) is 5.92. The van der Waals surface area contributed by atoms with Gasteiger partial charge in [-0.2, -0.15) is 0 Å². The molecule has 0 amide bonds. The van der Waals surface area contributed by atoms with Crippen LogP contribution >= 0.6 is 11.6 Å². The van der Waals surface area contributed by atoms with Crippen LogP contribution in [0.25, 0.3) is 5.57 Å². The van der Waals surface area contributed by atoms with Crippen LogP contribution in [0, 0.1) is 18.6 Å². The molecule has 2 aromatic rings. The number of allylic oxidation sites excluding steroid dienone is 2. The lowest BCUT2D eigenvalue weighted by molar-refractivity contribution is -0.113. The first-order valence-electron chi connectivity index (χ1n) is 10.2. The molecule has 4 nitrogen and oxygen atoms in total. The van der Waals surface area contributed by atoms with Crippen molar-refractivity contribution < 1.29 is 13.6 Å². The normalized spacial score (nSPS) is 15.5. The largest absolute Gasteiger partial charge is 0.396 e. The topological polar surface area (TPSA) is 49.6 Å². The van der Waals surface area contributed by atoms with E-state index in [1.54, 1.807) is 18.0 Å². The zero-order valence-electron chi connectivity index (χ0n) is 17.8. The van der Waals surface area contributed by atoms with Crippen molar-refractivity contribution in [3.05, 3.63) is 63.8 Å². The molecular formula is C24H24ClF2N3O. The summed E-state index contributed by atoms with van der Waals surface area (Å²) >= 11 is 6.83. The fourth-order valence-electron chi connectivity index (χ4n) is 4.22. The minimum Gasteiger partial charge on any atom is -0.396 e. The van der Waals surface area contributed by atoms with E-state index in [0.717, 1.165) is 6.42 Å². The third kappa shape index (κ3) is 3.21. The molecule has 2 heterocycles. The average molecular weight is 444 g/mol. The molecule has 4 rings (SSSR count). The molecule has 31 heavy (non-hydrogen) atoms. The van der Waals surface area contributed by atoms with Crippen molar-refractivity contribution in [2.75, 3.05) is 28.6 Å². The van der Waals surface area contributed by atoms with Gasteiger partial charge in [-0.15, -0.1) is 0 Å². The number of nitrogens with two attached hydrogens (primary N) is 1. The van der Waals surface area contributed by atoms with Crippen LogP contribution < -0.4 is 15.5 Å². The lowest BCUT2D eigenvalue weighted by Gasteiger charge is -2.39. The highest BCUT2D eigenvalue weighted by atomic mass is 35.5. The second-order valence-electron chi connectivity index (χ2n) is 7.97. The van der Waals surface area contributed by atoms with E-state index >= 15 is 4.39 Å². The second-order valence-corrected chi connectivity index (χ2v) is 8.35. The number of anilines is 4. The summed E-state index contributed by atoms with van der Waals surface area (Å²) in [7, 11) is 0. The van der Waals surface area contributed by atoms with E-state index in [2.05, 4.69) is 6.58 Å². The molecule has 162 valence electrons. The highest BCUT2D eigenvalue weighted by Gasteiger charge is 2.35. The van der Waals surface area contributed by atoms with E-state index in [9.17, 15) is 9.18 Å². The highest BCUT2D eigenvalue weighted by molar-refractivity contribution is 6.37. The van der Waals surface area contributed by atoms with Crippen molar-refractivity contribution in [1.82, 2.24) is 0 Å². The lowest BCUT2D eigenvalue weighted by Crippen LogP contribution is -2.38.